The molecule has 5 rings (SSSR count). The van der Waals surface area contributed by atoms with Crippen molar-refractivity contribution in [3.63, 3.8) is 0 Å². The summed E-state index contributed by atoms with van der Waals surface area (Å²) in [5, 5.41) is 13.0. The smallest absolute Gasteiger partial charge is 0.272 e. The van der Waals surface area contributed by atoms with Crippen LogP contribution in [0.1, 0.15) is 28.2 Å². The van der Waals surface area contributed by atoms with E-state index in [4.69, 9.17) is 0 Å². The molecular formula is C22H22F2N6O. The molecule has 0 spiro atoms. The van der Waals surface area contributed by atoms with Gasteiger partial charge in [-0.3, -0.25) is 9.48 Å². The maximum atomic E-state index is 14.1. The number of aryl methyl sites for hydroxylation is 3. The Balaban J connectivity index is 1.29. The Morgan fingerprint density at radius 2 is 1.81 bits per heavy atom. The van der Waals surface area contributed by atoms with E-state index in [1.54, 1.807) is 18.0 Å². The number of piperazine rings is 1. The Morgan fingerprint density at radius 1 is 1.00 bits per heavy atom. The van der Waals surface area contributed by atoms with Gasteiger partial charge < -0.3 is 9.80 Å². The number of anilines is 1. The van der Waals surface area contributed by atoms with Crippen molar-refractivity contribution < 1.29 is 13.6 Å². The van der Waals surface area contributed by atoms with Gasteiger partial charge in [0.25, 0.3) is 5.91 Å². The maximum absolute atomic E-state index is 14.1. The van der Waals surface area contributed by atoms with E-state index in [0.29, 0.717) is 37.6 Å². The number of fused-ring (bicyclic) bond motifs is 1. The van der Waals surface area contributed by atoms with Gasteiger partial charge >= 0.3 is 0 Å². The van der Waals surface area contributed by atoms with Crippen LogP contribution in [0.4, 0.5) is 14.6 Å². The summed E-state index contributed by atoms with van der Waals surface area (Å²) in [6, 6.07) is 6.99. The molecule has 0 bridgehead atoms. The van der Waals surface area contributed by atoms with Crippen molar-refractivity contribution in [1.29, 1.82) is 0 Å². The van der Waals surface area contributed by atoms with Crippen LogP contribution < -0.4 is 4.90 Å². The van der Waals surface area contributed by atoms with Gasteiger partial charge in [0.1, 0.15) is 17.3 Å². The molecule has 9 heteroatoms. The standard InChI is InChI=1S/C22H22F2N6O/c1-28-20(13-19(27-28)16-6-5-15(23)12-17(16)24)22(31)30-9-7-29(8-10-30)21-11-14-3-2-4-18(14)25-26-21/h5-6,11-13H,2-4,7-10H2,1H3. The van der Waals surface area contributed by atoms with Crippen molar-refractivity contribution >= 4 is 11.7 Å². The zero-order chi connectivity index (χ0) is 21.5. The molecule has 1 amide bonds. The first kappa shape index (κ1) is 19.6. The summed E-state index contributed by atoms with van der Waals surface area (Å²) >= 11 is 0. The van der Waals surface area contributed by atoms with Gasteiger partial charge in [-0.05, 0) is 49.1 Å². The summed E-state index contributed by atoms with van der Waals surface area (Å²) < 4.78 is 28.8. The number of carbonyl (C=O) groups is 1. The average molecular weight is 424 g/mol. The minimum atomic E-state index is -0.707. The molecule has 0 unspecified atom stereocenters. The fraction of sp³-hybridized carbons (Fsp3) is 0.364. The van der Waals surface area contributed by atoms with Gasteiger partial charge in [-0.1, -0.05) is 0 Å². The molecule has 0 saturated carbocycles. The van der Waals surface area contributed by atoms with Crippen molar-refractivity contribution in [3.05, 3.63) is 58.9 Å². The van der Waals surface area contributed by atoms with E-state index in [1.807, 2.05) is 0 Å². The van der Waals surface area contributed by atoms with E-state index in [2.05, 4.69) is 26.3 Å². The first-order valence-electron chi connectivity index (χ1n) is 10.4. The lowest BCUT2D eigenvalue weighted by molar-refractivity contribution is 0.0735. The number of rotatable bonds is 3. The predicted octanol–water partition coefficient (Wildman–Crippen LogP) is 2.61. The molecule has 0 N–H and O–H groups in total. The lowest BCUT2D eigenvalue weighted by atomic mass is 10.1. The lowest BCUT2D eigenvalue weighted by Crippen LogP contribution is -2.49. The Kier molecular flexibility index (Phi) is 4.88. The summed E-state index contributed by atoms with van der Waals surface area (Å²) in [6.07, 6.45) is 3.18. The molecule has 3 heterocycles. The van der Waals surface area contributed by atoms with Crippen molar-refractivity contribution in [1.82, 2.24) is 24.9 Å². The predicted molar refractivity (Wildman–Crippen MR) is 111 cm³/mol. The number of amides is 1. The lowest BCUT2D eigenvalue weighted by Gasteiger charge is -2.35. The first-order chi connectivity index (χ1) is 15.0. The van der Waals surface area contributed by atoms with Gasteiger partial charge in [0, 0.05) is 44.9 Å². The normalized spacial score (nSPS) is 16.0. The Labute approximate surface area is 178 Å². The van der Waals surface area contributed by atoms with Crippen LogP contribution in [0.15, 0.2) is 30.3 Å². The molecule has 2 aliphatic rings. The van der Waals surface area contributed by atoms with E-state index in [-0.39, 0.29) is 11.5 Å². The van der Waals surface area contributed by atoms with Crippen LogP contribution >= 0.6 is 0 Å². The highest BCUT2D eigenvalue weighted by Gasteiger charge is 2.27. The SMILES string of the molecule is Cn1nc(-c2ccc(F)cc2F)cc1C(=O)N1CCN(c2cc3c(nn2)CCC3)CC1. The van der Waals surface area contributed by atoms with Gasteiger partial charge in [-0.25, -0.2) is 8.78 Å². The van der Waals surface area contributed by atoms with Crippen LogP contribution in [0.25, 0.3) is 11.3 Å². The summed E-state index contributed by atoms with van der Waals surface area (Å²) in [7, 11) is 1.65. The molecule has 0 radical (unpaired) electrons. The molecule has 3 aromatic rings. The maximum Gasteiger partial charge on any atom is 0.272 e. The Morgan fingerprint density at radius 3 is 2.58 bits per heavy atom. The minimum absolute atomic E-state index is 0.163. The Hall–Kier alpha value is -3.36. The first-order valence-corrected chi connectivity index (χ1v) is 10.4. The molecule has 160 valence electrons. The highest BCUT2D eigenvalue weighted by atomic mass is 19.1. The third kappa shape index (κ3) is 3.64. The second-order valence-electron chi connectivity index (χ2n) is 7.97. The molecule has 1 aliphatic heterocycles. The molecule has 2 aromatic heterocycles. The number of nitrogens with zero attached hydrogens (tertiary/aromatic N) is 6. The van der Waals surface area contributed by atoms with Gasteiger partial charge in [0.2, 0.25) is 0 Å². The third-order valence-corrected chi connectivity index (χ3v) is 6.00. The zero-order valence-corrected chi connectivity index (χ0v) is 17.2. The average Bonchev–Trinajstić information content (AvgIpc) is 3.39. The van der Waals surface area contributed by atoms with E-state index < -0.39 is 11.6 Å². The van der Waals surface area contributed by atoms with Crippen LogP contribution in [-0.4, -0.2) is 57.0 Å². The van der Waals surface area contributed by atoms with Gasteiger partial charge in [-0.15, -0.1) is 5.10 Å². The molecule has 0 atom stereocenters. The van der Waals surface area contributed by atoms with Crippen molar-refractivity contribution in [2.75, 3.05) is 31.1 Å². The van der Waals surface area contributed by atoms with Crippen LogP contribution in [0, 0.1) is 11.6 Å². The zero-order valence-electron chi connectivity index (χ0n) is 17.2. The summed E-state index contributed by atoms with van der Waals surface area (Å²) in [5.74, 6) is -0.661. The minimum Gasteiger partial charge on any atom is -0.352 e. The molecule has 31 heavy (non-hydrogen) atoms. The molecule has 1 saturated heterocycles. The fourth-order valence-corrected chi connectivity index (χ4v) is 4.27. The number of hydrogen-bond donors (Lipinski definition) is 0. The number of aromatic nitrogens is 4. The number of benzene rings is 1. The molecule has 7 nitrogen and oxygen atoms in total. The topological polar surface area (TPSA) is 67.2 Å². The summed E-state index contributed by atoms with van der Waals surface area (Å²) in [6.45, 7) is 2.42. The number of hydrogen-bond acceptors (Lipinski definition) is 5. The van der Waals surface area contributed by atoms with E-state index in [1.165, 1.54) is 22.4 Å². The fourth-order valence-electron chi connectivity index (χ4n) is 4.27. The monoisotopic (exact) mass is 424 g/mol. The van der Waals surface area contributed by atoms with E-state index >= 15 is 0 Å². The van der Waals surface area contributed by atoms with Crippen molar-refractivity contribution in [2.45, 2.75) is 19.3 Å². The Bertz CT molecular complexity index is 1150. The second-order valence-corrected chi connectivity index (χ2v) is 7.97. The van der Waals surface area contributed by atoms with E-state index in [9.17, 15) is 13.6 Å². The van der Waals surface area contributed by atoms with Crippen LogP contribution in [0.5, 0.6) is 0 Å². The van der Waals surface area contributed by atoms with Gasteiger partial charge in [0.05, 0.1) is 11.4 Å². The largest absolute Gasteiger partial charge is 0.352 e. The van der Waals surface area contributed by atoms with Crippen molar-refractivity contribution in [2.24, 2.45) is 7.05 Å². The van der Waals surface area contributed by atoms with Gasteiger partial charge in [-0.2, -0.15) is 10.2 Å². The molecule has 1 fully saturated rings. The third-order valence-electron chi connectivity index (χ3n) is 6.00. The second kappa shape index (κ2) is 7.72. The van der Waals surface area contributed by atoms with Crippen molar-refractivity contribution in [3.8, 4) is 11.3 Å². The molecule has 1 aliphatic carbocycles. The summed E-state index contributed by atoms with van der Waals surface area (Å²) in [4.78, 5) is 17.0. The van der Waals surface area contributed by atoms with E-state index in [0.717, 1.165) is 36.8 Å². The van der Waals surface area contributed by atoms with Crippen LogP contribution in [0.3, 0.4) is 0 Å². The van der Waals surface area contributed by atoms with Gasteiger partial charge in [0.15, 0.2) is 5.82 Å². The highest BCUT2D eigenvalue weighted by Crippen LogP contribution is 2.25. The summed E-state index contributed by atoms with van der Waals surface area (Å²) in [5.41, 5.74) is 3.21. The number of carbonyl (C=O) groups excluding carboxylic acids is 1. The molecule has 1 aromatic carbocycles. The number of halogens is 2. The quantitative estimate of drug-likeness (QED) is 0.647. The van der Waals surface area contributed by atoms with Crippen LogP contribution in [-0.2, 0) is 19.9 Å². The molecular weight excluding hydrogens is 402 g/mol. The highest BCUT2D eigenvalue weighted by molar-refractivity contribution is 5.94. The van der Waals surface area contributed by atoms with Crippen LogP contribution in [0.2, 0.25) is 0 Å².